The van der Waals surface area contributed by atoms with Gasteiger partial charge in [0.15, 0.2) is 0 Å². The summed E-state index contributed by atoms with van der Waals surface area (Å²) in [6.45, 7) is 10.1. The SMILES string of the molecule is C[Si]1(C)c2ccccc2-c2c(-c3cccc4c(-c5cccc6c5-c5ccccc5C6(c5ccccc5)c5ccccc5)c5cccc(-c6cccc7c6-c6ccccc6[Si]7(C)C)c5cc34)cccc21. The smallest absolute Gasteiger partial charge is 0.0623 e. The van der Waals surface area contributed by atoms with E-state index in [4.69, 9.17) is 0 Å². The predicted molar refractivity (Wildman–Crippen MR) is 299 cm³/mol. The maximum atomic E-state index is 2.57. The zero-order chi connectivity index (χ0) is 46.2. The van der Waals surface area contributed by atoms with Crippen LogP contribution >= 0.6 is 0 Å². The molecule has 0 atom stereocenters. The van der Waals surface area contributed by atoms with E-state index < -0.39 is 21.6 Å². The van der Waals surface area contributed by atoms with Gasteiger partial charge in [-0.3, -0.25) is 0 Å². The fraction of sp³-hybridized carbons (Fsp3) is 0.0746. The Balaban J connectivity index is 1.14. The van der Waals surface area contributed by atoms with Gasteiger partial charge in [-0.05, 0) is 137 Å². The van der Waals surface area contributed by atoms with Crippen molar-refractivity contribution in [2.75, 3.05) is 0 Å². The zero-order valence-electron chi connectivity index (χ0n) is 39.4. The molecule has 11 aromatic carbocycles. The van der Waals surface area contributed by atoms with Gasteiger partial charge in [0.25, 0.3) is 0 Å². The summed E-state index contributed by atoms with van der Waals surface area (Å²) in [5, 5.41) is 11.2. The molecule has 0 radical (unpaired) electrons. The minimum absolute atomic E-state index is 0.509. The Hall–Kier alpha value is -7.63. The molecule has 0 amide bonds. The third kappa shape index (κ3) is 5.39. The molecule has 1 aliphatic carbocycles. The Bertz CT molecular complexity index is 3750. The third-order valence-electron chi connectivity index (χ3n) is 16.6. The summed E-state index contributed by atoms with van der Waals surface area (Å²) < 4.78 is 0. The van der Waals surface area contributed by atoms with Crippen LogP contribution in [0.1, 0.15) is 22.3 Å². The van der Waals surface area contributed by atoms with E-state index in [0.717, 1.165) is 0 Å². The Morgan fingerprint density at radius 2 is 0.623 bits per heavy atom. The molecule has 2 heterocycles. The second kappa shape index (κ2) is 14.7. The van der Waals surface area contributed by atoms with Gasteiger partial charge in [0, 0.05) is 0 Å². The summed E-state index contributed by atoms with van der Waals surface area (Å²) in [6.07, 6.45) is 0. The Labute approximate surface area is 407 Å². The van der Waals surface area contributed by atoms with Crippen LogP contribution in [0.2, 0.25) is 26.2 Å². The zero-order valence-corrected chi connectivity index (χ0v) is 41.4. The van der Waals surface area contributed by atoms with Gasteiger partial charge >= 0.3 is 0 Å². The first-order chi connectivity index (χ1) is 33.8. The highest BCUT2D eigenvalue weighted by Gasteiger charge is 2.47. The third-order valence-corrected chi connectivity index (χ3v) is 23.7. The molecule has 0 nitrogen and oxygen atoms in total. The molecule has 0 spiro atoms. The van der Waals surface area contributed by atoms with Crippen molar-refractivity contribution in [3.8, 4) is 66.8 Å². The lowest BCUT2D eigenvalue weighted by atomic mass is 9.67. The molecule has 0 saturated carbocycles. The molecular weight excluding hydrogens is 861 g/mol. The Morgan fingerprint density at radius 1 is 0.246 bits per heavy atom. The largest absolute Gasteiger partial charge is 0.113 e. The van der Waals surface area contributed by atoms with Crippen LogP contribution in [0.25, 0.3) is 88.3 Å². The van der Waals surface area contributed by atoms with E-state index in [1.807, 2.05) is 0 Å². The van der Waals surface area contributed by atoms with E-state index >= 15 is 0 Å². The molecular formula is C67H50Si2. The minimum atomic E-state index is -1.94. The minimum Gasteiger partial charge on any atom is -0.0623 e. The van der Waals surface area contributed by atoms with Crippen molar-refractivity contribution in [1.82, 2.24) is 0 Å². The highest BCUT2D eigenvalue weighted by Crippen LogP contribution is 2.59. The molecule has 0 N–H and O–H groups in total. The fourth-order valence-corrected chi connectivity index (χ4v) is 19.8. The molecule has 0 unspecified atom stereocenters. The van der Waals surface area contributed by atoms with Crippen LogP contribution in [0.3, 0.4) is 0 Å². The van der Waals surface area contributed by atoms with Crippen LogP contribution in [0.15, 0.2) is 231 Å². The molecule has 0 fully saturated rings. The first-order valence-corrected chi connectivity index (χ1v) is 30.6. The molecule has 0 saturated heterocycles. The standard InChI is InChI=1S/C67H50Si2/c1-68(2)59-38-15-12-27-52(59)65-47(33-20-40-61(65)68)45-29-17-31-49-55(45)42-56-46(48-34-21-41-62-66(48)53-28-13-16-39-60(53)69(62,3)4)30-18-32-50(56)63(49)54-35-19-37-58-64(54)51-26-11-14-36-57(51)67(58,43-22-7-5-8-23-43)44-24-9-6-10-25-44/h5-42H,1-4H3. The van der Waals surface area contributed by atoms with Gasteiger partial charge in [-0.1, -0.05) is 251 Å². The summed E-state index contributed by atoms with van der Waals surface area (Å²) >= 11 is 0. The van der Waals surface area contributed by atoms with Gasteiger partial charge in [0.1, 0.15) is 16.1 Å². The second-order valence-electron chi connectivity index (χ2n) is 20.6. The van der Waals surface area contributed by atoms with Gasteiger partial charge in [-0.2, -0.15) is 0 Å². The Morgan fingerprint density at radius 3 is 1.16 bits per heavy atom. The molecule has 326 valence electrons. The predicted octanol–water partition coefficient (Wildman–Crippen LogP) is 15.0. The number of rotatable bonds is 5. The lowest BCUT2D eigenvalue weighted by Gasteiger charge is -2.34. The lowest BCUT2D eigenvalue weighted by Crippen LogP contribution is -2.49. The topological polar surface area (TPSA) is 0 Å². The molecule has 14 rings (SSSR count). The van der Waals surface area contributed by atoms with Gasteiger partial charge in [0.05, 0.1) is 5.41 Å². The van der Waals surface area contributed by atoms with Gasteiger partial charge < -0.3 is 0 Å². The first-order valence-electron chi connectivity index (χ1n) is 24.6. The van der Waals surface area contributed by atoms with Crippen LogP contribution in [0.5, 0.6) is 0 Å². The van der Waals surface area contributed by atoms with Gasteiger partial charge in [0.2, 0.25) is 0 Å². The fourth-order valence-electron chi connectivity index (χ4n) is 13.6. The van der Waals surface area contributed by atoms with E-state index in [2.05, 4.69) is 257 Å². The molecule has 0 aromatic heterocycles. The van der Waals surface area contributed by atoms with Crippen LogP contribution in [0, 0.1) is 0 Å². The van der Waals surface area contributed by atoms with E-state index in [0.29, 0.717) is 0 Å². The molecule has 0 bridgehead atoms. The van der Waals surface area contributed by atoms with E-state index in [1.54, 1.807) is 0 Å². The summed E-state index contributed by atoms with van der Waals surface area (Å²) in [4.78, 5) is 0. The van der Waals surface area contributed by atoms with E-state index in [9.17, 15) is 0 Å². The van der Waals surface area contributed by atoms with Crippen molar-refractivity contribution in [3.05, 3.63) is 253 Å². The quantitative estimate of drug-likeness (QED) is 0.119. The monoisotopic (exact) mass is 910 g/mol. The maximum absolute atomic E-state index is 2.57. The number of hydrogen-bond acceptors (Lipinski definition) is 0. The van der Waals surface area contributed by atoms with Crippen molar-refractivity contribution in [3.63, 3.8) is 0 Å². The van der Waals surface area contributed by atoms with Gasteiger partial charge in [-0.25, -0.2) is 0 Å². The van der Waals surface area contributed by atoms with Crippen LogP contribution in [-0.2, 0) is 5.41 Å². The number of hydrogen-bond donors (Lipinski definition) is 0. The second-order valence-corrected chi connectivity index (χ2v) is 29.3. The summed E-state index contributed by atoms with van der Waals surface area (Å²) in [6, 6.07) is 88.4. The summed E-state index contributed by atoms with van der Waals surface area (Å²) in [5.41, 5.74) is 20.7. The van der Waals surface area contributed by atoms with E-state index in [1.165, 1.54) is 131 Å². The molecule has 2 heteroatoms. The average Bonchev–Trinajstić information content (AvgIpc) is 3.93. The van der Waals surface area contributed by atoms with Crippen molar-refractivity contribution in [1.29, 1.82) is 0 Å². The highest BCUT2D eigenvalue weighted by atomic mass is 28.3. The summed E-state index contributed by atoms with van der Waals surface area (Å²) in [5.74, 6) is 0. The first kappa shape index (κ1) is 40.4. The van der Waals surface area contributed by atoms with Gasteiger partial charge in [-0.15, -0.1) is 0 Å². The van der Waals surface area contributed by atoms with Crippen molar-refractivity contribution in [2.24, 2.45) is 0 Å². The Kier molecular flexibility index (Phi) is 8.61. The van der Waals surface area contributed by atoms with Crippen molar-refractivity contribution in [2.45, 2.75) is 31.6 Å². The average molecular weight is 911 g/mol. The molecule has 11 aromatic rings. The van der Waals surface area contributed by atoms with Crippen LogP contribution in [0.4, 0.5) is 0 Å². The normalized spacial score (nSPS) is 15.0. The number of fused-ring (bicyclic) bond motifs is 11. The molecule has 2 aliphatic heterocycles. The maximum Gasteiger partial charge on any atom is 0.113 e. The molecule has 3 aliphatic rings. The van der Waals surface area contributed by atoms with E-state index in [-0.39, 0.29) is 0 Å². The summed E-state index contributed by atoms with van der Waals surface area (Å²) in [7, 11) is -3.87. The van der Waals surface area contributed by atoms with Crippen LogP contribution < -0.4 is 20.7 Å². The van der Waals surface area contributed by atoms with Crippen molar-refractivity contribution >= 4 is 58.4 Å². The van der Waals surface area contributed by atoms with Crippen LogP contribution in [-0.4, -0.2) is 16.1 Å². The number of benzene rings is 11. The van der Waals surface area contributed by atoms with Crippen molar-refractivity contribution < 1.29 is 0 Å². The highest BCUT2D eigenvalue weighted by molar-refractivity contribution is 7.04. The molecule has 69 heavy (non-hydrogen) atoms. The lowest BCUT2D eigenvalue weighted by molar-refractivity contribution is 0.768.